The summed E-state index contributed by atoms with van der Waals surface area (Å²) in [5.41, 5.74) is 5.00. The van der Waals surface area contributed by atoms with Crippen molar-refractivity contribution in [3.05, 3.63) is 84.2 Å². The lowest BCUT2D eigenvalue weighted by Crippen LogP contribution is -2.46. The molecule has 144 valence electrons. The lowest BCUT2D eigenvalue weighted by molar-refractivity contribution is 0.127. The highest BCUT2D eigenvalue weighted by Gasteiger charge is 2.25. The molecule has 0 saturated carbocycles. The average molecular weight is 374 g/mol. The molecule has 0 aliphatic carbocycles. The molecule has 1 atom stereocenters. The first-order chi connectivity index (χ1) is 13.7. The molecule has 0 radical (unpaired) electrons. The molecular formula is C24H27N3O. The lowest BCUT2D eigenvalue weighted by Gasteiger charge is -2.38. The molecule has 1 unspecified atom stereocenters. The second-order valence-electron chi connectivity index (χ2n) is 7.38. The van der Waals surface area contributed by atoms with Crippen LogP contribution in [-0.4, -0.2) is 55.1 Å². The summed E-state index contributed by atoms with van der Waals surface area (Å²) in [5, 5.41) is 0. The van der Waals surface area contributed by atoms with Crippen molar-refractivity contribution in [2.24, 2.45) is 0 Å². The Kier molecular flexibility index (Phi) is 5.70. The van der Waals surface area contributed by atoms with E-state index in [0.29, 0.717) is 0 Å². The summed E-state index contributed by atoms with van der Waals surface area (Å²) >= 11 is 0. The van der Waals surface area contributed by atoms with Crippen LogP contribution in [0.2, 0.25) is 0 Å². The van der Waals surface area contributed by atoms with Crippen LogP contribution >= 0.6 is 0 Å². The van der Waals surface area contributed by atoms with E-state index in [0.717, 1.165) is 31.9 Å². The number of ether oxygens (including phenoxy) is 1. The molecule has 0 bridgehead atoms. The van der Waals surface area contributed by atoms with Gasteiger partial charge in [-0.2, -0.15) is 0 Å². The van der Waals surface area contributed by atoms with Crippen molar-refractivity contribution >= 4 is 0 Å². The Bertz CT molecular complexity index is 887. The third-order valence-electron chi connectivity index (χ3n) is 5.55. The molecule has 2 heterocycles. The summed E-state index contributed by atoms with van der Waals surface area (Å²) < 4.78 is 5.37. The van der Waals surface area contributed by atoms with E-state index < -0.39 is 0 Å². The Morgan fingerprint density at radius 1 is 0.821 bits per heavy atom. The Morgan fingerprint density at radius 2 is 1.50 bits per heavy atom. The van der Waals surface area contributed by atoms with Crippen LogP contribution in [0.3, 0.4) is 0 Å². The van der Waals surface area contributed by atoms with Crippen molar-refractivity contribution in [1.29, 1.82) is 0 Å². The molecule has 28 heavy (non-hydrogen) atoms. The molecule has 0 spiro atoms. The van der Waals surface area contributed by atoms with E-state index in [-0.39, 0.29) is 6.04 Å². The maximum absolute atomic E-state index is 5.37. The van der Waals surface area contributed by atoms with Gasteiger partial charge in [0.15, 0.2) is 0 Å². The molecule has 1 aromatic heterocycles. The van der Waals surface area contributed by atoms with Crippen molar-refractivity contribution in [2.75, 3.05) is 40.3 Å². The van der Waals surface area contributed by atoms with Gasteiger partial charge in [0.2, 0.25) is 0 Å². The minimum atomic E-state index is 0.260. The molecule has 4 nitrogen and oxygen atoms in total. The maximum atomic E-state index is 5.37. The van der Waals surface area contributed by atoms with Gasteiger partial charge < -0.3 is 9.64 Å². The van der Waals surface area contributed by atoms with Gasteiger partial charge in [0.05, 0.1) is 13.2 Å². The predicted molar refractivity (Wildman–Crippen MR) is 114 cm³/mol. The topological polar surface area (TPSA) is 28.6 Å². The van der Waals surface area contributed by atoms with E-state index in [1.807, 2.05) is 24.5 Å². The smallest absolute Gasteiger partial charge is 0.119 e. The second kappa shape index (κ2) is 8.55. The van der Waals surface area contributed by atoms with Crippen molar-refractivity contribution < 1.29 is 4.74 Å². The standard InChI is InChI=1S/C24H27N3O/c1-26-14-16-27(17-15-26)24(21-10-12-25-13-11-21)20-8-6-19(7-9-20)22-4-3-5-23(18-22)28-2/h3-13,18,24H,14-17H2,1-2H3. The largest absolute Gasteiger partial charge is 0.497 e. The molecular weight excluding hydrogens is 346 g/mol. The Balaban J connectivity index is 1.64. The first-order valence-electron chi connectivity index (χ1n) is 9.81. The van der Waals surface area contributed by atoms with Gasteiger partial charge in [-0.1, -0.05) is 36.4 Å². The Hall–Kier alpha value is -2.69. The van der Waals surface area contributed by atoms with Gasteiger partial charge >= 0.3 is 0 Å². The van der Waals surface area contributed by atoms with Crippen molar-refractivity contribution in [1.82, 2.24) is 14.8 Å². The number of piperazine rings is 1. The number of pyridine rings is 1. The summed E-state index contributed by atoms with van der Waals surface area (Å²) in [5.74, 6) is 0.883. The van der Waals surface area contributed by atoms with Crippen molar-refractivity contribution in [2.45, 2.75) is 6.04 Å². The number of benzene rings is 2. The third kappa shape index (κ3) is 4.08. The fourth-order valence-corrected chi connectivity index (χ4v) is 3.90. The molecule has 0 N–H and O–H groups in total. The summed E-state index contributed by atoms with van der Waals surface area (Å²) in [6.07, 6.45) is 3.78. The zero-order valence-corrected chi connectivity index (χ0v) is 16.6. The molecule has 2 aromatic carbocycles. The predicted octanol–water partition coefficient (Wildman–Crippen LogP) is 4.09. The summed E-state index contributed by atoms with van der Waals surface area (Å²) in [6, 6.07) is 21.7. The normalized spacial score (nSPS) is 16.6. The maximum Gasteiger partial charge on any atom is 0.119 e. The number of hydrogen-bond donors (Lipinski definition) is 0. The van der Waals surface area contributed by atoms with Crippen LogP contribution in [0.15, 0.2) is 73.1 Å². The minimum absolute atomic E-state index is 0.260. The third-order valence-corrected chi connectivity index (χ3v) is 5.55. The molecule has 1 fully saturated rings. The molecule has 3 aromatic rings. The van der Waals surface area contributed by atoms with Gasteiger partial charge in [-0.15, -0.1) is 0 Å². The van der Waals surface area contributed by atoms with Crippen molar-refractivity contribution in [3.8, 4) is 16.9 Å². The van der Waals surface area contributed by atoms with Crippen LogP contribution < -0.4 is 4.74 Å². The Labute approximate surface area is 167 Å². The number of rotatable bonds is 5. The molecule has 0 amide bonds. The molecule has 4 heteroatoms. The van der Waals surface area contributed by atoms with Gasteiger partial charge in [0.25, 0.3) is 0 Å². The van der Waals surface area contributed by atoms with Crippen LogP contribution in [0.1, 0.15) is 17.2 Å². The van der Waals surface area contributed by atoms with Crippen LogP contribution in [0.4, 0.5) is 0 Å². The van der Waals surface area contributed by atoms with E-state index in [1.54, 1.807) is 7.11 Å². The van der Waals surface area contributed by atoms with E-state index in [2.05, 4.69) is 70.4 Å². The zero-order valence-electron chi connectivity index (χ0n) is 16.6. The quantitative estimate of drug-likeness (QED) is 0.673. The van der Waals surface area contributed by atoms with E-state index >= 15 is 0 Å². The number of nitrogens with zero attached hydrogens (tertiary/aromatic N) is 3. The number of hydrogen-bond acceptors (Lipinski definition) is 4. The second-order valence-corrected chi connectivity index (χ2v) is 7.38. The fourth-order valence-electron chi connectivity index (χ4n) is 3.90. The van der Waals surface area contributed by atoms with E-state index in [9.17, 15) is 0 Å². The van der Waals surface area contributed by atoms with Crippen molar-refractivity contribution in [3.63, 3.8) is 0 Å². The SMILES string of the molecule is COc1cccc(-c2ccc(C(c3ccncc3)N3CCN(C)CC3)cc2)c1. The zero-order chi connectivity index (χ0) is 19.3. The number of methoxy groups -OCH3 is 1. The first-order valence-corrected chi connectivity index (χ1v) is 9.81. The molecule has 1 saturated heterocycles. The van der Waals surface area contributed by atoms with Gasteiger partial charge in [-0.3, -0.25) is 9.88 Å². The highest BCUT2D eigenvalue weighted by Crippen LogP contribution is 2.31. The van der Waals surface area contributed by atoms with Crippen LogP contribution in [-0.2, 0) is 0 Å². The molecule has 1 aliphatic rings. The monoisotopic (exact) mass is 373 g/mol. The fraction of sp³-hybridized carbons (Fsp3) is 0.292. The van der Waals surface area contributed by atoms with E-state index in [1.165, 1.54) is 22.3 Å². The lowest BCUT2D eigenvalue weighted by atomic mass is 9.95. The highest BCUT2D eigenvalue weighted by molar-refractivity contribution is 5.65. The summed E-state index contributed by atoms with van der Waals surface area (Å²) in [6.45, 7) is 4.34. The average Bonchev–Trinajstić information content (AvgIpc) is 2.76. The van der Waals surface area contributed by atoms with Gasteiger partial charge in [0.1, 0.15) is 5.75 Å². The van der Waals surface area contributed by atoms with Gasteiger partial charge in [-0.25, -0.2) is 0 Å². The van der Waals surface area contributed by atoms with Crippen LogP contribution in [0, 0.1) is 0 Å². The number of aromatic nitrogens is 1. The van der Waals surface area contributed by atoms with Gasteiger partial charge in [0, 0.05) is 38.6 Å². The van der Waals surface area contributed by atoms with Crippen LogP contribution in [0.5, 0.6) is 5.75 Å². The summed E-state index contributed by atoms with van der Waals surface area (Å²) in [7, 11) is 3.90. The summed E-state index contributed by atoms with van der Waals surface area (Å²) in [4.78, 5) is 9.18. The Morgan fingerprint density at radius 3 is 2.18 bits per heavy atom. The van der Waals surface area contributed by atoms with E-state index in [4.69, 9.17) is 4.74 Å². The number of likely N-dealkylation sites (N-methyl/N-ethyl adjacent to an activating group) is 1. The first kappa shape index (κ1) is 18.7. The molecule has 1 aliphatic heterocycles. The van der Waals surface area contributed by atoms with Crippen LogP contribution in [0.25, 0.3) is 11.1 Å². The molecule has 4 rings (SSSR count). The highest BCUT2D eigenvalue weighted by atomic mass is 16.5. The minimum Gasteiger partial charge on any atom is -0.497 e. The van der Waals surface area contributed by atoms with Gasteiger partial charge in [-0.05, 0) is 53.6 Å².